The molecule has 0 bridgehead atoms. The van der Waals surface area contributed by atoms with Crippen molar-refractivity contribution in [2.75, 3.05) is 26.4 Å². The number of aliphatic hydroxyl groups excluding tert-OH is 1. The monoisotopic (exact) mass is 249 g/mol. The molecule has 2 N–H and O–H groups in total. The van der Waals surface area contributed by atoms with E-state index in [2.05, 4.69) is 36.5 Å². The van der Waals surface area contributed by atoms with Gasteiger partial charge in [0, 0.05) is 31.7 Å². The Morgan fingerprint density at radius 2 is 2.11 bits per heavy atom. The van der Waals surface area contributed by atoms with E-state index in [1.807, 2.05) is 0 Å². The number of benzene rings is 1. The predicted octanol–water partition coefficient (Wildman–Crippen LogP) is 1.87. The molecule has 1 aliphatic heterocycles. The largest absolute Gasteiger partial charge is 0.396 e. The van der Waals surface area contributed by atoms with Crippen molar-refractivity contribution in [1.29, 1.82) is 0 Å². The molecule has 3 nitrogen and oxygen atoms in total. The highest BCUT2D eigenvalue weighted by molar-refractivity contribution is 5.21. The highest BCUT2D eigenvalue weighted by atomic mass is 16.5. The van der Waals surface area contributed by atoms with Gasteiger partial charge in [-0.15, -0.1) is 0 Å². The zero-order chi connectivity index (χ0) is 12.8. The summed E-state index contributed by atoms with van der Waals surface area (Å²) < 4.78 is 5.37. The maximum Gasteiger partial charge on any atom is 0.0501 e. The number of rotatable bonds is 5. The first-order valence-electron chi connectivity index (χ1n) is 6.69. The normalized spacial score (nSPS) is 18.8. The zero-order valence-corrected chi connectivity index (χ0v) is 11.1. The Morgan fingerprint density at radius 1 is 1.33 bits per heavy atom. The Morgan fingerprint density at radius 3 is 2.78 bits per heavy atom. The third-order valence-electron chi connectivity index (χ3n) is 3.80. The molecular formula is C15H23NO2. The van der Waals surface area contributed by atoms with Crippen LogP contribution in [0.1, 0.15) is 24.0 Å². The predicted molar refractivity (Wildman–Crippen MR) is 72.5 cm³/mol. The van der Waals surface area contributed by atoms with Crippen molar-refractivity contribution in [3.8, 4) is 0 Å². The molecule has 0 saturated carbocycles. The summed E-state index contributed by atoms with van der Waals surface area (Å²) in [4.78, 5) is 0. The smallest absolute Gasteiger partial charge is 0.0501 e. The summed E-state index contributed by atoms with van der Waals surface area (Å²) >= 11 is 0. The Hall–Kier alpha value is -0.900. The summed E-state index contributed by atoms with van der Waals surface area (Å²) in [6, 6.07) is 8.53. The molecule has 1 aliphatic rings. The van der Waals surface area contributed by atoms with E-state index in [0.29, 0.717) is 0 Å². The van der Waals surface area contributed by atoms with Crippen LogP contribution in [0.2, 0.25) is 0 Å². The number of nitrogens with one attached hydrogen (secondary N) is 1. The minimum Gasteiger partial charge on any atom is -0.396 e. The van der Waals surface area contributed by atoms with E-state index in [4.69, 9.17) is 4.74 Å². The zero-order valence-electron chi connectivity index (χ0n) is 11.1. The van der Waals surface area contributed by atoms with Gasteiger partial charge in [0.15, 0.2) is 0 Å². The average molecular weight is 249 g/mol. The minimum absolute atomic E-state index is 0.0159. The van der Waals surface area contributed by atoms with Crippen molar-refractivity contribution in [1.82, 2.24) is 5.32 Å². The van der Waals surface area contributed by atoms with Gasteiger partial charge in [-0.3, -0.25) is 0 Å². The van der Waals surface area contributed by atoms with E-state index in [9.17, 15) is 5.11 Å². The van der Waals surface area contributed by atoms with Crippen LogP contribution in [0.25, 0.3) is 0 Å². The average Bonchev–Trinajstić information content (AvgIpc) is 2.40. The molecule has 0 radical (unpaired) electrons. The molecular weight excluding hydrogens is 226 g/mol. The fraction of sp³-hybridized carbons (Fsp3) is 0.600. The second kappa shape index (κ2) is 6.32. The number of ether oxygens (including phenoxy) is 1. The SMILES string of the molecule is Cc1cccc(CNCC2(CO)CCOCC2)c1. The van der Waals surface area contributed by atoms with Gasteiger partial charge < -0.3 is 15.2 Å². The van der Waals surface area contributed by atoms with Gasteiger partial charge in [0.05, 0.1) is 6.61 Å². The van der Waals surface area contributed by atoms with Crippen molar-refractivity contribution in [2.24, 2.45) is 5.41 Å². The molecule has 100 valence electrons. The van der Waals surface area contributed by atoms with Crippen molar-refractivity contribution >= 4 is 0 Å². The van der Waals surface area contributed by atoms with Crippen LogP contribution in [0.3, 0.4) is 0 Å². The summed E-state index contributed by atoms with van der Waals surface area (Å²) in [7, 11) is 0. The first-order chi connectivity index (χ1) is 8.74. The van der Waals surface area contributed by atoms with Gasteiger partial charge in [-0.1, -0.05) is 29.8 Å². The van der Waals surface area contributed by atoms with E-state index < -0.39 is 0 Å². The van der Waals surface area contributed by atoms with Crippen LogP contribution in [0.5, 0.6) is 0 Å². The molecule has 0 unspecified atom stereocenters. The van der Waals surface area contributed by atoms with Crippen LogP contribution in [-0.4, -0.2) is 31.5 Å². The lowest BCUT2D eigenvalue weighted by atomic mass is 9.81. The van der Waals surface area contributed by atoms with E-state index in [1.54, 1.807) is 0 Å². The van der Waals surface area contributed by atoms with Crippen molar-refractivity contribution in [3.05, 3.63) is 35.4 Å². The van der Waals surface area contributed by atoms with Crippen LogP contribution in [0.15, 0.2) is 24.3 Å². The molecule has 3 heteroatoms. The van der Waals surface area contributed by atoms with E-state index in [-0.39, 0.29) is 12.0 Å². The van der Waals surface area contributed by atoms with Crippen molar-refractivity contribution in [3.63, 3.8) is 0 Å². The first kappa shape index (κ1) is 13.5. The molecule has 1 heterocycles. The molecule has 1 aromatic rings. The molecule has 0 aliphatic carbocycles. The maximum absolute atomic E-state index is 9.59. The lowest BCUT2D eigenvalue weighted by molar-refractivity contribution is -0.0154. The number of hydrogen-bond donors (Lipinski definition) is 2. The molecule has 0 spiro atoms. The number of aryl methyl sites for hydroxylation is 1. The highest BCUT2D eigenvalue weighted by Crippen LogP contribution is 2.29. The topological polar surface area (TPSA) is 41.5 Å². The Labute approximate surface area is 109 Å². The Kier molecular flexibility index (Phi) is 4.75. The van der Waals surface area contributed by atoms with Crippen LogP contribution in [0, 0.1) is 12.3 Å². The van der Waals surface area contributed by atoms with Gasteiger partial charge in [-0.05, 0) is 25.3 Å². The van der Waals surface area contributed by atoms with E-state index in [0.717, 1.165) is 39.1 Å². The van der Waals surface area contributed by atoms with Crippen LogP contribution in [-0.2, 0) is 11.3 Å². The summed E-state index contributed by atoms with van der Waals surface area (Å²) in [6.07, 6.45) is 1.90. The van der Waals surface area contributed by atoms with Gasteiger partial charge in [0.25, 0.3) is 0 Å². The van der Waals surface area contributed by atoms with Gasteiger partial charge in [0.1, 0.15) is 0 Å². The first-order valence-corrected chi connectivity index (χ1v) is 6.69. The summed E-state index contributed by atoms with van der Waals surface area (Å²) in [5, 5.41) is 13.1. The Balaban J connectivity index is 1.83. The number of aliphatic hydroxyl groups is 1. The van der Waals surface area contributed by atoms with Gasteiger partial charge in [0.2, 0.25) is 0 Å². The van der Waals surface area contributed by atoms with Crippen LogP contribution >= 0.6 is 0 Å². The van der Waals surface area contributed by atoms with E-state index in [1.165, 1.54) is 11.1 Å². The second-order valence-corrected chi connectivity index (χ2v) is 5.36. The molecule has 1 fully saturated rings. The van der Waals surface area contributed by atoms with Gasteiger partial charge >= 0.3 is 0 Å². The molecule has 0 aromatic heterocycles. The van der Waals surface area contributed by atoms with Crippen molar-refractivity contribution < 1.29 is 9.84 Å². The summed E-state index contributed by atoms with van der Waals surface area (Å²) in [5.74, 6) is 0. The fourth-order valence-corrected chi connectivity index (χ4v) is 2.49. The molecule has 1 aromatic carbocycles. The highest BCUT2D eigenvalue weighted by Gasteiger charge is 2.31. The molecule has 1 saturated heterocycles. The Bertz CT molecular complexity index is 373. The van der Waals surface area contributed by atoms with Crippen molar-refractivity contribution in [2.45, 2.75) is 26.3 Å². The summed E-state index contributed by atoms with van der Waals surface area (Å²) in [6.45, 7) is 5.62. The molecule has 0 amide bonds. The summed E-state index contributed by atoms with van der Waals surface area (Å²) in [5.41, 5.74) is 2.61. The second-order valence-electron chi connectivity index (χ2n) is 5.36. The molecule has 2 rings (SSSR count). The molecule has 18 heavy (non-hydrogen) atoms. The maximum atomic E-state index is 9.59. The lowest BCUT2D eigenvalue weighted by Crippen LogP contribution is -2.41. The quantitative estimate of drug-likeness (QED) is 0.837. The number of hydrogen-bond acceptors (Lipinski definition) is 3. The third-order valence-corrected chi connectivity index (χ3v) is 3.80. The van der Waals surface area contributed by atoms with Gasteiger partial charge in [-0.2, -0.15) is 0 Å². The van der Waals surface area contributed by atoms with Crippen LogP contribution in [0.4, 0.5) is 0 Å². The fourth-order valence-electron chi connectivity index (χ4n) is 2.49. The lowest BCUT2D eigenvalue weighted by Gasteiger charge is -2.35. The van der Waals surface area contributed by atoms with E-state index >= 15 is 0 Å². The van der Waals surface area contributed by atoms with Crippen LogP contribution < -0.4 is 5.32 Å². The van der Waals surface area contributed by atoms with Gasteiger partial charge in [-0.25, -0.2) is 0 Å². The minimum atomic E-state index is 0.0159. The molecule has 0 atom stereocenters. The standard InChI is InChI=1S/C15H23NO2/c1-13-3-2-4-14(9-13)10-16-11-15(12-17)5-7-18-8-6-15/h2-4,9,16-17H,5-8,10-12H2,1H3. The third kappa shape index (κ3) is 3.55.